The van der Waals surface area contributed by atoms with Crippen molar-refractivity contribution in [2.45, 2.75) is 18.8 Å². The van der Waals surface area contributed by atoms with Crippen LogP contribution in [0.5, 0.6) is 0 Å². The first-order valence-electron chi connectivity index (χ1n) is 7.88. The summed E-state index contributed by atoms with van der Waals surface area (Å²) in [6.45, 7) is 2.11. The highest BCUT2D eigenvalue weighted by Crippen LogP contribution is 2.31. The molecule has 0 unspecified atom stereocenters. The maximum atomic E-state index is 12.4. The molecule has 1 amide bonds. The molecule has 5 nitrogen and oxygen atoms in total. The second-order valence-corrected chi connectivity index (χ2v) is 7.05. The minimum atomic E-state index is -0.111. The minimum absolute atomic E-state index is 0.111. The lowest BCUT2D eigenvalue weighted by Crippen LogP contribution is -2.26. The largest absolute Gasteiger partial charge is 0.378 e. The molecule has 1 fully saturated rings. The Morgan fingerprint density at radius 3 is 2.87 bits per heavy atom. The predicted octanol–water partition coefficient (Wildman–Crippen LogP) is 2.93. The number of amides is 1. The first-order valence-corrected chi connectivity index (χ1v) is 8.70. The molecule has 2 aromatic rings. The molecular formula is C17H22N4OS. The van der Waals surface area contributed by atoms with E-state index in [2.05, 4.69) is 15.6 Å². The molecule has 3 rings (SSSR count). The van der Waals surface area contributed by atoms with Crippen LogP contribution >= 0.6 is 11.3 Å². The monoisotopic (exact) mass is 330 g/mol. The molecule has 0 bridgehead atoms. The number of nitrogens with zero attached hydrogens (tertiary/aromatic N) is 2. The quantitative estimate of drug-likeness (QED) is 0.905. The molecule has 6 heteroatoms. The molecule has 1 aliphatic heterocycles. The van der Waals surface area contributed by atoms with Gasteiger partial charge in [0.25, 0.3) is 5.91 Å². The number of rotatable bonds is 4. The SMILES string of the molecule is CN(C)c1cccc(C(=O)Nc2ncc(C3CCNCC3)s2)c1. The maximum absolute atomic E-state index is 12.4. The van der Waals surface area contributed by atoms with Crippen molar-refractivity contribution in [3.05, 3.63) is 40.9 Å². The first kappa shape index (κ1) is 16.0. The van der Waals surface area contributed by atoms with Crippen LogP contribution < -0.4 is 15.5 Å². The Hall–Kier alpha value is -1.92. The fourth-order valence-corrected chi connectivity index (χ4v) is 3.71. The van der Waals surface area contributed by atoms with Gasteiger partial charge >= 0.3 is 0 Å². The van der Waals surface area contributed by atoms with Crippen LogP contribution in [0.25, 0.3) is 0 Å². The topological polar surface area (TPSA) is 57.3 Å². The van der Waals surface area contributed by atoms with Gasteiger partial charge in [-0.2, -0.15) is 0 Å². The molecule has 0 saturated carbocycles. The van der Waals surface area contributed by atoms with Gasteiger partial charge in [0.05, 0.1) is 0 Å². The molecule has 23 heavy (non-hydrogen) atoms. The van der Waals surface area contributed by atoms with E-state index in [-0.39, 0.29) is 5.91 Å². The van der Waals surface area contributed by atoms with Gasteiger partial charge in [-0.3, -0.25) is 10.1 Å². The highest BCUT2D eigenvalue weighted by Gasteiger charge is 2.18. The lowest BCUT2D eigenvalue weighted by molar-refractivity contribution is 0.102. The lowest BCUT2D eigenvalue weighted by Gasteiger charge is -2.20. The van der Waals surface area contributed by atoms with E-state index in [0.29, 0.717) is 16.6 Å². The Bertz CT molecular complexity index is 677. The number of thiazole rings is 1. The zero-order valence-corrected chi connectivity index (χ0v) is 14.3. The van der Waals surface area contributed by atoms with Crippen molar-refractivity contribution in [2.24, 2.45) is 0 Å². The third-order valence-corrected chi connectivity index (χ3v) is 5.19. The molecule has 122 valence electrons. The standard InChI is InChI=1S/C17H22N4OS/c1-21(2)14-5-3-4-13(10-14)16(22)20-17-19-11-15(23-17)12-6-8-18-9-7-12/h3-5,10-12,18H,6-9H2,1-2H3,(H,19,20,22). The Morgan fingerprint density at radius 1 is 1.35 bits per heavy atom. The Balaban J connectivity index is 1.68. The van der Waals surface area contributed by atoms with Crippen molar-refractivity contribution in [3.63, 3.8) is 0 Å². The number of benzene rings is 1. The molecular weight excluding hydrogens is 308 g/mol. The van der Waals surface area contributed by atoms with Gasteiger partial charge in [-0.15, -0.1) is 11.3 Å². The molecule has 0 aliphatic carbocycles. The summed E-state index contributed by atoms with van der Waals surface area (Å²) in [5, 5.41) is 6.97. The van der Waals surface area contributed by atoms with Crippen LogP contribution in [-0.4, -0.2) is 38.1 Å². The van der Waals surface area contributed by atoms with Gasteiger partial charge in [0, 0.05) is 36.4 Å². The summed E-state index contributed by atoms with van der Waals surface area (Å²) >= 11 is 1.59. The normalized spacial score (nSPS) is 15.4. The minimum Gasteiger partial charge on any atom is -0.378 e. The second kappa shape index (κ2) is 7.10. The van der Waals surface area contributed by atoms with Crippen LogP contribution in [0.3, 0.4) is 0 Å². The summed E-state index contributed by atoms with van der Waals surface area (Å²) in [5.41, 5.74) is 1.65. The molecule has 1 aliphatic rings. The summed E-state index contributed by atoms with van der Waals surface area (Å²) in [7, 11) is 3.92. The summed E-state index contributed by atoms with van der Waals surface area (Å²) in [6.07, 6.45) is 4.19. The van der Waals surface area contributed by atoms with Crippen molar-refractivity contribution in [3.8, 4) is 0 Å². The van der Waals surface area contributed by atoms with Gasteiger partial charge in [0.2, 0.25) is 0 Å². The van der Waals surface area contributed by atoms with Crippen LogP contribution in [0.2, 0.25) is 0 Å². The average molecular weight is 330 g/mol. The molecule has 2 N–H and O–H groups in total. The third-order valence-electron chi connectivity index (χ3n) is 4.11. The summed E-state index contributed by atoms with van der Waals surface area (Å²) in [6, 6.07) is 7.59. The Kier molecular flexibility index (Phi) is 4.93. The fraction of sp³-hybridized carbons (Fsp3) is 0.412. The number of hydrogen-bond donors (Lipinski definition) is 2. The van der Waals surface area contributed by atoms with E-state index in [9.17, 15) is 4.79 Å². The third kappa shape index (κ3) is 3.89. The summed E-state index contributed by atoms with van der Waals surface area (Å²) < 4.78 is 0. The number of carbonyl (C=O) groups excluding carboxylic acids is 1. The van der Waals surface area contributed by atoms with Crippen LogP contribution in [0, 0.1) is 0 Å². The van der Waals surface area contributed by atoms with Gasteiger partial charge in [-0.25, -0.2) is 4.98 Å². The van der Waals surface area contributed by atoms with Gasteiger partial charge in [0.15, 0.2) is 5.13 Å². The number of aromatic nitrogens is 1. The highest BCUT2D eigenvalue weighted by atomic mass is 32.1. The zero-order valence-electron chi connectivity index (χ0n) is 13.5. The summed E-state index contributed by atoms with van der Waals surface area (Å²) in [4.78, 5) is 20.0. The van der Waals surface area contributed by atoms with E-state index in [1.165, 1.54) is 4.88 Å². The van der Waals surface area contributed by atoms with Crippen LogP contribution in [-0.2, 0) is 0 Å². The molecule has 1 saturated heterocycles. The number of carbonyl (C=O) groups is 1. The number of anilines is 2. The average Bonchev–Trinajstić information content (AvgIpc) is 3.04. The first-order chi connectivity index (χ1) is 11.1. The zero-order chi connectivity index (χ0) is 16.2. The van der Waals surface area contributed by atoms with Crippen molar-refractivity contribution in [2.75, 3.05) is 37.4 Å². The van der Waals surface area contributed by atoms with E-state index < -0.39 is 0 Å². The van der Waals surface area contributed by atoms with E-state index in [4.69, 9.17) is 0 Å². The van der Waals surface area contributed by atoms with Crippen molar-refractivity contribution >= 4 is 28.1 Å². The van der Waals surface area contributed by atoms with Crippen LogP contribution in [0.1, 0.15) is 34.0 Å². The van der Waals surface area contributed by atoms with Crippen LogP contribution in [0.4, 0.5) is 10.8 Å². The molecule has 1 aromatic carbocycles. The Morgan fingerprint density at radius 2 is 2.13 bits per heavy atom. The van der Waals surface area contributed by atoms with Gasteiger partial charge in [0.1, 0.15) is 0 Å². The Labute approximate surface area is 140 Å². The molecule has 2 heterocycles. The molecule has 0 atom stereocenters. The number of hydrogen-bond acceptors (Lipinski definition) is 5. The number of nitrogens with one attached hydrogen (secondary N) is 2. The smallest absolute Gasteiger partial charge is 0.257 e. The van der Waals surface area contributed by atoms with Gasteiger partial charge in [-0.05, 0) is 50.0 Å². The van der Waals surface area contributed by atoms with Gasteiger partial charge in [-0.1, -0.05) is 6.07 Å². The van der Waals surface area contributed by atoms with E-state index in [1.54, 1.807) is 11.3 Å². The lowest BCUT2D eigenvalue weighted by atomic mass is 9.97. The van der Waals surface area contributed by atoms with Gasteiger partial charge < -0.3 is 10.2 Å². The van der Waals surface area contributed by atoms with Crippen LogP contribution in [0.15, 0.2) is 30.5 Å². The van der Waals surface area contributed by atoms with Crippen molar-refractivity contribution < 1.29 is 4.79 Å². The molecule has 1 aromatic heterocycles. The van der Waals surface area contributed by atoms with E-state index in [1.807, 2.05) is 49.5 Å². The van der Waals surface area contributed by atoms with Crippen molar-refractivity contribution in [1.82, 2.24) is 10.3 Å². The van der Waals surface area contributed by atoms with Crippen molar-refractivity contribution in [1.29, 1.82) is 0 Å². The maximum Gasteiger partial charge on any atom is 0.257 e. The number of piperidine rings is 1. The predicted molar refractivity (Wildman–Crippen MR) is 95.7 cm³/mol. The van der Waals surface area contributed by atoms with E-state index in [0.717, 1.165) is 31.6 Å². The molecule has 0 radical (unpaired) electrons. The fourth-order valence-electron chi connectivity index (χ4n) is 2.73. The second-order valence-electron chi connectivity index (χ2n) is 5.99. The highest BCUT2D eigenvalue weighted by molar-refractivity contribution is 7.15. The summed E-state index contributed by atoms with van der Waals surface area (Å²) in [5.74, 6) is 0.455. The van der Waals surface area contributed by atoms with E-state index >= 15 is 0 Å². The molecule has 0 spiro atoms.